The molecule has 2 aromatic rings. The Labute approximate surface area is 157 Å². The van der Waals surface area contributed by atoms with Crippen LogP contribution in [0.1, 0.15) is 57.9 Å². The largest absolute Gasteiger partial charge is 0.493 e. The number of unbranched alkanes of at least 4 members (excludes halogenated alkanes) is 3. The van der Waals surface area contributed by atoms with Gasteiger partial charge in [0.25, 0.3) is 0 Å². The van der Waals surface area contributed by atoms with Crippen LogP contribution < -0.4 is 10.2 Å². The summed E-state index contributed by atoms with van der Waals surface area (Å²) in [4.78, 5) is 14.6. The van der Waals surface area contributed by atoms with Crippen LogP contribution in [0, 0.1) is 6.92 Å². The van der Waals surface area contributed by atoms with Gasteiger partial charge in [-0.05, 0) is 64.4 Å². The fourth-order valence-electron chi connectivity index (χ4n) is 3.16. The average Bonchev–Trinajstić information content (AvgIpc) is 2.64. The molecule has 1 aromatic carbocycles. The number of aryl methyl sites for hydroxylation is 1. The van der Waals surface area contributed by atoms with E-state index in [4.69, 9.17) is 9.15 Å². The molecule has 0 N–H and O–H groups in total. The van der Waals surface area contributed by atoms with Crippen molar-refractivity contribution in [3.63, 3.8) is 0 Å². The van der Waals surface area contributed by atoms with Gasteiger partial charge in [-0.3, -0.25) is 4.79 Å². The molecule has 0 saturated heterocycles. The molecule has 0 fully saturated rings. The lowest BCUT2D eigenvalue weighted by Gasteiger charge is -2.21. The summed E-state index contributed by atoms with van der Waals surface area (Å²) in [5.41, 5.74) is 1.24. The molecule has 0 amide bonds. The maximum Gasteiger partial charge on any atom is 0.195 e. The van der Waals surface area contributed by atoms with Crippen molar-refractivity contribution < 1.29 is 9.15 Å². The maximum absolute atomic E-state index is 12.0. The second kappa shape index (κ2) is 11.0. The first-order valence-electron chi connectivity index (χ1n) is 10.0. The van der Waals surface area contributed by atoms with Crippen LogP contribution in [0.3, 0.4) is 0 Å². The summed E-state index contributed by atoms with van der Waals surface area (Å²) in [5.74, 6) is 0.762. The lowest BCUT2D eigenvalue weighted by molar-refractivity contribution is 0.245. The zero-order valence-corrected chi connectivity index (χ0v) is 16.6. The first-order valence-corrected chi connectivity index (χ1v) is 10.0. The normalized spacial score (nSPS) is 11.4. The van der Waals surface area contributed by atoms with Gasteiger partial charge in [0.1, 0.15) is 11.3 Å². The predicted octanol–water partition coefficient (Wildman–Crippen LogP) is 5.16. The lowest BCUT2D eigenvalue weighted by Crippen LogP contribution is -2.27. The fraction of sp³-hybridized carbons (Fsp3) is 0.591. The van der Waals surface area contributed by atoms with Crippen molar-refractivity contribution in [3.05, 3.63) is 40.2 Å². The van der Waals surface area contributed by atoms with Crippen molar-refractivity contribution in [1.82, 2.24) is 4.90 Å². The van der Waals surface area contributed by atoms with E-state index in [0.717, 1.165) is 25.1 Å². The molecular formula is C22H33NO3. The highest BCUT2D eigenvalue weighted by Crippen LogP contribution is 2.19. The van der Waals surface area contributed by atoms with Crippen LogP contribution in [0.2, 0.25) is 0 Å². The maximum atomic E-state index is 12.0. The molecule has 4 nitrogen and oxygen atoms in total. The summed E-state index contributed by atoms with van der Waals surface area (Å²) in [7, 11) is 0. The number of rotatable bonds is 12. The molecule has 0 unspecified atom stereocenters. The van der Waals surface area contributed by atoms with Crippen molar-refractivity contribution in [2.75, 3.05) is 26.2 Å². The van der Waals surface area contributed by atoms with Gasteiger partial charge in [-0.15, -0.1) is 0 Å². The molecular weight excluding hydrogens is 326 g/mol. The monoisotopic (exact) mass is 359 g/mol. The standard InChI is InChI=1S/C22H33NO3/c1-4-6-7-13-23(12-5-2)14-8-9-15-25-19-10-11-20-21(16-19)26-17-18(3)22(20)24/h10-11,16-17H,4-9,12-15H2,1-3H3. The molecule has 0 spiro atoms. The molecule has 2 rings (SSSR count). The number of benzene rings is 1. The number of ether oxygens (including phenoxy) is 1. The summed E-state index contributed by atoms with van der Waals surface area (Å²) >= 11 is 0. The quantitative estimate of drug-likeness (QED) is 0.491. The van der Waals surface area contributed by atoms with Gasteiger partial charge in [0, 0.05) is 11.6 Å². The second-order valence-corrected chi connectivity index (χ2v) is 7.01. The van der Waals surface area contributed by atoms with E-state index in [1.54, 1.807) is 13.0 Å². The van der Waals surface area contributed by atoms with Crippen molar-refractivity contribution in [2.24, 2.45) is 0 Å². The molecule has 0 atom stereocenters. The zero-order chi connectivity index (χ0) is 18.8. The molecule has 26 heavy (non-hydrogen) atoms. The minimum absolute atomic E-state index is 0.0249. The number of fused-ring (bicyclic) bond motifs is 1. The summed E-state index contributed by atoms with van der Waals surface area (Å²) in [6, 6.07) is 5.46. The Kier molecular flexibility index (Phi) is 8.69. The molecule has 0 aliphatic heterocycles. The number of nitrogens with zero attached hydrogens (tertiary/aromatic N) is 1. The average molecular weight is 360 g/mol. The lowest BCUT2D eigenvalue weighted by atomic mass is 10.2. The molecule has 1 aromatic heterocycles. The Morgan fingerprint density at radius 3 is 2.50 bits per heavy atom. The number of hydrogen-bond acceptors (Lipinski definition) is 4. The van der Waals surface area contributed by atoms with Crippen LogP contribution in [0.5, 0.6) is 5.75 Å². The third kappa shape index (κ3) is 6.17. The third-order valence-corrected chi connectivity index (χ3v) is 4.67. The van der Waals surface area contributed by atoms with Crippen LogP contribution >= 0.6 is 0 Å². The Bertz CT molecular complexity index is 723. The van der Waals surface area contributed by atoms with Crippen LogP contribution in [-0.4, -0.2) is 31.1 Å². The molecule has 1 heterocycles. The topological polar surface area (TPSA) is 42.7 Å². The van der Waals surface area contributed by atoms with Gasteiger partial charge in [-0.1, -0.05) is 26.7 Å². The van der Waals surface area contributed by atoms with Gasteiger partial charge in [0.2, 0.25) is 0 Å². The van der Waals surface area contributed by atoms with Crippen molar-refractivity contribution in [3.8, 4) is 5.75 Å². The van der Waals surface area contributed by atoms with Crippen LogP contribution in [0.25, 0.3) is 11.0 Å². The summed E-state index contributed by atoms with van der Waals surface area (Å²) < 4.78 is 11.4. The second-order valence-electron chi connectivity index (χ2n) is 7.01. The Morgan fingerprint density at radius 1 is 1.00 bits per heavy atom. The van der Waals surface area contributed by atoms with Crippen molar-refractivity contribution in [1.29, 1.82) is 0 Å². The van der Waals surface area contributed by atoms with Crippen LogP contribution in [0.4, 0.5) is 0 Å². The summed E-state index contributed by atoms with van der Waals surface area (Å²) in [5, 5.41) is 0.611. The highest BCUT2D eigenvalue weighted by molar-refractivity contribution is 5.78. The minimum Gasteiger partial charge on any atom is -0.493 e. The molecule has 4 heteroatoms. The molecule has 0 radical (unpaired) electrons. The summed E-state index contributed by atoms with van der Waals surface area (Å²) in [6.45, 7) is 10.5. The highest BCUT2D eigenvalue weighted by atomic mass is 16.5. The molecule has 0 bridgehead atoms. The van der Waals surface area contributed by atoms with Gasteiger partial charge in [0.05, 0.1) is 18.3 Å². The zero-order valence-electron chi connectivity index (χ0n) is 16.6. The van der Waals surface area contributed by atoms with Gasteiger partial charge >= 0.3 is 0 Å². The highest BCUT2D eigenvalue weighted by Gasteiger charge is 2.06. The molecule has 0 aliphatic rings. The van der Waals surface area contributed by atoms with Gasteiger partial charge in [0.15, 0.2) is 5.43 Å². The van der Waals surface area contributed by atoms with E-state index < -0.39 is 0 Å². The van der Waals surface area contributed by atoms with E-state index >= 15 is 0 Å². The molecule has 0 aliphatic carbocycles. The fourth-order valence-corrected chi connectivity index (χ4v) is 3.16. The molecule has 0 saturated carbocycles. The first kappa shape index (κ1) is 20.5. The van der Waals surface area contributed by atoms with E-state index in [-0.39, 0.29) is 5.43 Å². The summed E-state index contributed by atoms with van der Waals surface area (Å²) in [6.07, 6.45) is 8.80. The SMILES string of the molecule is CCCCCN(CCC)CCCCOc1ccc2c(=O)c(C)coc2c1. The first-order chi connectivity index (χ1) is 12.7. The van der Waals surface area contributed by atoms with Crippen LogP contribution in [-0.2, 0) is 0 Å². The number of hydrogen-bond donors (Lipinski definition) is 0. The van der Waals surface area contributed by atoms with Gasteiger partial charge in [-0.2, -0.15) is 0 Å². The predicted molar refractivity (Wildman–Crippen MR) is 108 cm³/mol. The minimum atomic E-state index is 0.0249. The van der Waals surface area contributed by atoms with E-state index in [1.807, 2.05) is 12.1 Å². The van der Waals surface area contributed by atoms with E-state index in [2.05, 4.69) is 18.7 Å². The van der Waals surface area contributed by atoms with E-state index in [1.165, 1.54) is 45.0 Å². The smallest absolute Gasteiger partial charge is 0.195 e. The van der Waals surface area contributed by atoms with Gasteiger partial charge < -0.3 is 14.1 Å². The van der Waals surface area contributed by atoms with E-state index in [9.17, 15) is 4.79 Å². The van der Waals surface area contributed by atoms with E-state index in [0.29, 0.717) is 23.1 Å². The Balaban J connectivity index is 1.76. The van der Waals surface area contributed by atoms with Crippen molar-refractivity contribution >= 4 is 11.0 Å². The Morgan fingerprint density at radius 2 is 1.77 bits per heavy atom. The van der Waals surface area contributed by atoms with Crippen LogP contribution in [0.15, 0.2) is 33.7 Å². The van der Waals surface area contributed by atoms with Crippen molar-refractivity contribution in [2.45, 2.75) is 59.3 Å². The molecule has 144 valence electrons. The third-order valence-electron chi connectivity index (χ3n) is 4.67. The Hall–Kier alpha value is -1.81. The van der Waals surface area contributed by atoms with Gasteiger partial charge in [-0.25, -0.2) is 0 Å².